The molecule has 0 amide bonds. The number of carbonyl (C=O) groups excluding carboxylic acids is 1. The Morgan fingerprint density at radius 3 is 2.58 bits per heavy atom. The van der Waals surface area contributed by atoms with Gasteiger partial charge in [-0.25, -0.2) is 0 Å². The predicted octanol–water partition coefficient (Wildman–Crippen LogP) is 1.79. The second kappa shape index (κ2) is 6.23. The molecule has 19 heavy (non-hydrogen) atoms. The van der Waals surface area contributed by atoms with E-state index in [0.717, 1.165) is 19.0 Å². The summed E-state index contributed by atoms with van der Waals surface area (Å²) in [6, 6.07) is 0.680. The summed E-state index contributed by atoms with van der Waals surface area (Å²) in [4.78, 5) is 14.5. The molecular formula is C15H28N2O2. The van der Waals surface area contributed by atoms with Crippen LogP contribution in [0.25, 0.3) is 0 Å². The molecule has 2 unspecified atom stereocenters. The lowest BCUT2D eigenvalue weighted by Crippen LogP contribution is -2.57. The summed E-state index contributed by atoms with van der Waals surface area (Å²) >= 11 is 0. The number of carbonyl (C=O) groups is 1. The molecular weight excluding hydrogens is 240 g/mol. The van der Waals surface area contributed by atoms with E-state index in [0.29, 0.717) is 6.04 Å². The molecule has 1 aliphatic carbocycles. The van der Waals surface area contributed by atoms with Crippen LogP contribution in [0, 0.1) is 5.92 Å². The Hall–Kier alpha value is -0.610. The van der Waals surface area contributed by atoms with Gasteiger partial charge in [0.15, 0.2) is 0 Å². The maximum atomic E-state index is 12.0. The van der Waals surface area contributed by atoms with Crippen LogP contribution in [0.5, 0.6) is 0 Å². The minimum atomic E-state index is -0.587. The van der Waals surface area contributed by atoms with Gasteiger partial charge in [-0.05, 0) is 52.1 Å². The van der Waals surface area contributed by atoms with Gasteiger partial charge in [-0.3, -0.25) is 9.69 Å². The molecule has 4 nitrogen and oxygen atoms in total. The summed E-state index contributed by atoms with van der Waals surface area (Å²) in [6.07, 6.45) is 8.07. The Kier molecular flexibility index (Phi) is 4.85. The highest BCUT2D eigenvalue weighted by atomic mass is 16.5. The molecule has 0 spiro atoms. The van der Waals surface area contributed by atoms with Crippen LogP contribution in [-0.4, -0.2) is 49.7 Å². The number of likely N-dealkylation sites (N-methyl/N-ethyl adjacent to an activating group) is 1. The Labute approximate surface area is 116 Å². The number of hydrogen-bond acceptors (Lipinski definition) is 4. The quantitative estimate of drug-likeness (QED) is 0.772. The van der Waals surface area contributed by atoms with E-state index in [-0.39, 0.29) is 5.97 Å². The number of nitrogens with zero attached hydrogens (tertiary/aromatic N) is 1. The van der Waals surface area contributed by atoms with Crippen LogP contribution in [0.15, 0.2) is 0 Å². The summed E-state index contributed by atoms with van der Waals surface area (Å²) in [5, 5.41) is 3.15. The molecule has 0 aromatic rings. The smallest absolute Gasteiger partial charge is 0.327 e. The molecule has 2 aliphatic rings. The lowest BCUT2D eigenvalue weighted by Gasteiger charge is -2.36. The van der Waals surface area contributed by atoms with Gasteiger partial charge in [0, 0.05) is 12.6 Å². The first-order chi connectivity index (χ1) is 9.10. The van der Waals surface area contributed by atoms with Crippen molar-refractivity contribution in [2.24, 2.45) is 5.92 Å². The fraction of sp³-hybridized carbons (Fsp3) is 0.933. The number of nitrogens with one attached hydrogen (secondary N) is 1. The molecule has 110 valence electrons. The third-order valence-corrected chi connectivity index (χ3v) is 5.07. The van der Waals surface area contributed by atoms with Gasteiger partial charge in [-0.1, -0.05) is 12.8 Å². The zero-order chi connectivity index (χ0) is 13.9. The Morgan fingerprint density at radius 1 is 1.32 bits per heavy atom. The van der Waals surface area contributed by atoms with Gasteiger partial charge in [0.05, 0.1) is 7.11 Å². The van der Waals surface area contributed by atoms with Crippen LogP contribution in [0.4, 0.5) is 0 Å². The first-order valence-electron chi connectivity index (χ1n) is 7.62. The monoisotopic (exact) mass is 268 g/mol. The number of hydrogen-bond donors (Lipinski definition) is 1. The first kappa shape index (κ1) is 14.8. The van der Waals surface area contributed by atoms with Crippen LogP contribution in [-0.2, 0) is 9.53 Å². The van der Waals surface area contributed by atoms with E-state index < -0.39 is 5.54 Å². The summed E-state index contributed by atoms with van der Waals surface area (Å²) in [7, 11) is 3.31. The second-order valence-corrected chi connectivity index (χ2v) is 6.30. The van der Waals surface area contributed by atoms with Crippen molar-refractivity contribution in [3.05, 3.63) is 0 Å². The summed E-state index contributed by atoms with van der Waals surface area (Å²) < 4.78 is 4.95. The molecule has 1 saturated carbocycles. The standard InChI is InChI=1S/C15H28N2O2/c1-15(16-2,14(18)19-3)11-17-10-6-9-13(17)12-7-4-5-8-12/h12-13,16H,4-11H2,1-3H3. The van der Waals surface area contributed by atoms with E-state index >= 15 is 0 Å². The summed E-state index contributed by atoms with van der Waals surface area (Å²) in [5.41, 5.74) is -0.587. The Balaban J connectivity index is 2.01. The van der Waals surface area contributed by atoms with Gasteiger partial charge >= 0.3 is 5.97 Å². The molecule has 2 rings (SSSR count). The highest BCUT2D eigenvalue weighted by Crippen LogP contribution is 2.35. The normalized spacial score (nSPS) is 28.5. The molecule has 0 bridgehead atoms. The first-order valence-corrected chi connectivity index (χ1v) is 7.62. The van der Waals surface area contributed by atoms with Crippen LogP contribution < -0.4 is 5.32 Å². The average molecular weight is 268 g/mol. The number of esters is 1. The van der Waals surface area contributed by atoms with Crippen molar-refractivity contribution in [2.75, 3.05) is 27.2 Å². The van der Waals surface area contributed by atoms with E-state index in [9.17, 15) is 4.79 Å². The number of ether oxygens (including phenoxy) is 1. The van der Waals surface area contributed by atoms with Crippen LogP contribution in [0.3, 0.4) is 0 Å². The molecule has 4 heteroatoms. The molecule has 1 saturated heterocycles. The van der Waals surface area contributed by atoms with Crippen LogP contribution in [0.2, 0.25) is 0 Å². The van der Waals surface area contributed by atoms with E-state index in [1.807, 2.05) is 14.0 Å². The lowest BCUT2D eigenvalue weighted by molar-refractivity contribution is -0.148. The summed E-state index contributed by atoms with van der Waals surface area (Å²) in [5.74, 6) is 0.688. The number of rotatable bonds is 5. The van der Waals surface area contributed by atoms with Gasteiger partial charge in [-0.15, -0.1) is 0 Å². The third kappa shape index (κ3) is 3.11. The third-order valence-electron chi connectivity index (χ3n) is 5.07. The van der Waals surface area contributed by atoms with Gasteiger partial charge < -0.3 is 10.1 Å². The van der Waals surface area contributed by atoms with Gasteiger partial charge in [-0.2, -0.15) is 0 Å². The fourth-order valence-electron chi connectivity index (χ4n) is 3.80. The van der Waals surface area contributed by atoms with Gasteiger partial charge in [0.1, 0.15) is 5.54 Å². The second-order valence-electron chi connectivity index (χ2n) is 6.30. The van der Waals surface area contributed by atoms with Crippen molar-refractivity contribution in [2.45, 2.75) is 57.0 Å². The van der Waals surface area contributed by atoms with Crippen molar-refractivity contribution in [1.29, 1.82) is 0 Å². The maximum Gasteiger partial charge on any atom is 0.327 e. The van der Waals surface area contributed by atoms with Crippen molar-refractivity contribution in [3.63, 3.8) is 0 Å². The van der Waals surface area contributed by atoms with Crippen molar-refractivity contribution >= 4 is 5.97 Å². The maximum absolute atomic E-state index is 12.0. The highest BCUT2D eigenvalue weighted by molar-refractivity contribution is 5.80. The van der Waals surface area contributed by atoms with Crippen molar-refractivity contribution in [3.8, 4) is 0 Å². The topological polar surface area (TPSA) is 41.6 Å². The van der Waals surface area contributed by atoms with Gasteiger partial charge in [0.2, 0.25) is 0 Å². The zero-order valence-electron chi connectivity index (χ0n) is 12.6. The van der Waals surface area contributed by atoms with E-state index in [4.69, 9.17) is 4.74 Å². The molecule has 1 heterocycles. The molecule has 2 fully saturated rings. The molecule has 0 radical (unpaired) electrons. The largest absolute Gasteiger partial charge is 0.468 e. The fourth-order valence-corrected chi connectivity index (χ4v) is 3.80. The van der Waals surface area contributed by atoms with E-state index in [2.05, 4.69) is 10.2 Å². The lowest BCUT2D eigenvalue weighted by atomic mass is 9.94. The molecule has 0 aromatic carbocycles. The Bertz CT molecular complexity index is 315. The molecule has 1 N–H and O–H groups in total. The van der Waals surface area contributed by atoms with Crippen molar-refractivity contribution < 1.29 is 9.53 Å². The SMILES string of the molecule is CNC(C)(CN1CCCC1C1CCCC1)C(=O)OC. The highest BCUT2D eigenvalue weighted by Gasteiger charge is 2.40. The van der Waals surface area contributed by atoms with Crippen LogP contribution in [0.1, 0.15) is 45.4 Å². The van der Waals surface area contributed by atoms with Gasteiger partial charge in [0.25, 0.3) is 0 Å². The van der Waals surface area contributed by atoms with Crippen molar-refractivity contribution in [1.82, 2.24) is 10.2 Å². The summed E-state index contributed by atoms with van der Waals surface area (Å²) in [6.45, 7) is 3.83. The minimum absolute atomic E-state index is 0.160. The average Bonchev–Trinajstić information content (AvgIpc) is 3.07. The van der Waals surface area contributed by atoms with E-state index in [1.54, 1.807) is 0 Å². The number of likely N-dealkylation sites (tertiary alicyclic amines) is 1. The number of methoxy groups -OCH3 is 1. The molecule has 1 aliphatic heterocycles. The predicted molar refractivity (Wildman–Crippen MR) is 76.0 cm³/mol. The Morgan fingerprint density at radius 2 is 2.00 bits per heavy atom. The van der Waals surface area contributed by atoms with E-state index in [1.165, 1.54) is 45.6 Å². The zero-order valence-corrected chi connectivity index (χ0v) is 12.6. The molecule has 0 aromatic heterocycles. The van der Waals surface area contributed by atoms with Crippen LogP contribution >= 0.6 is 0 Å². The minimum Gasteiger partial charge on any atom is -0.468 e. The molecule has 2 atom stereocenters.